The Morgan fingerprint density at radius 2 is 1.71 bits per heavy atom. The van der Waals surface area contributed by atoms with Crippen molar-refractivity contribution in [3.05, 3.63) is 74.9 Å². The summed E-state index contributed by atoms with van der Waals surface area (Å²) < 4.78 is 13.7. The van der Waals surface area contributed by atoms with Gasteiger partial charge < -0.3 is 15.5 Å². The number of piperidine rings is 1. The zero-order valence-electron chi connectivity index (χ0n) is 18.7. The molecule has 1 aromatic heterocycles. The highest BCUT2D eigenvalue weighted by atomic mass is 35.5. The number of halogens is 2. The molecule has 0 atom stereocenters. The minimum absolute atomic E-state index is 0.0877. The molecule has 0 bridgehead atoms. The van der Waals surface area contributed by atoms with Gasteiger partial charge in [0.05, 0.1) is 0 Å². The fraction of sp³-hybridized carbons (Fsp3) is 0.292. The summed E-state index contributed by atoms with van der Waals surface area (Å²) in [7, 11) is 0. The van der Waals surface area contributed by atoms with E-state index in [1.54, 1.807) is 47.4 Å². The van der Waals surface area contributed by atoms with Crippen LogP contribution >= 0.6 is 22.9 Å². The Balaban J connectivity index is 1.23. The topological polar surface area (TPSA) is 104 Å². The second kappa shape index (κ2) is 11.4. The minimum atomic E-state index is -0.455. The van der Waals surface area contributed by atoms with E-state index in [0.717, 1.165) is 11.3 Å². The number of hydrogen-bond donors (Lipinski definition) is 2. The number of anilines is 1. The van der Waals surface area contributed by atoms with Crippen molar-refractivity contribution in [1.29, 1.82) is 0 Å². The summed E-state index contributed by atoms with van der Waals surface area (Å²) in [6, 6.07) is 13.0. The smallest absolute Gasteiger partial charge is 0.286 e. The second-order valence-corrected chi connectivity index (χ2v) is 9.60. The van der Waals surface area contributed by atoms with Gasteiger partial charge in [-0.2, -0.15) is 0 Å². The maximum Gasteiger partial charge on any atom is 0.286 e. The van der Waals surface area contributed by atoms with E-state index >= 15 is 0 Å². The van der Waals surface area contributed by atoms with Crippen molar-refractivity contribution in [3.63, 3.8) is 0 Å². The lowest BCUT2D eigenvalue weighted by Gasteiger charge is -2.31. The van der Waals surface area contributed by atoms with Gasteiger partial charge in [-0.15, -0.1) is 10.2 Å². The molecule has 1 saturated heterocycles. The summed E-state index contributed by atoms with van der Waals surface area (Å²) in [4.78, 5) is 39.2. The molecule has 2 aromatic carbocycles. The van der Waals surface area contributed by atoms with Gasteiger partial charge in [0.2, 0.25) is 15.9 Å². The number of amides is 3. The quantitative estimate of drug-likeness (QED) is 0.492. The summed E-state index contributed by atoms with van der Waals surface area (Å²) in [5.41, 5.74) is 1.00. The van der Waals surface area contributed by atoms with Gasteiger partial charge in [0.25, 0.3) is 11.8 Å². The summed E-state index contributed by atoms with van der Waals surface area (Å²) in [6.07, 6.45) is 1.66. The lowest BCUT2D eigenvalue weighted by molar-refractivity contribution is -0.122. The van der Waals surface area contributed by atoms with Crippen molar-refractivity contribution >= 4 is 46.3 Å². The number of benzene rings is 2. The number of rotatable bonds is 7. The maximum absolute atomic E-state index is 13.7. The molecule has 0 aliphatic carbocycles. The molecule has 3 aromatic rings. The first-order valence-electron chi connectivity index (χ1n) is 11.1. The molecule has 0 spiro atoms. The van der Waals surface area contributed by atoms with Crippen molar-refractivity contribution in [1.82, 2.24) is 20.4 Å². The Morgan fingerprint density at radius 3 is 2.43 bits per heavy atom. The Labute approximate surface area is 210 Å². The number of nitrogens with zero attached hydrogens (tertiary/aromatic N) is 3. The third kappa shape index (κ3) is 6.61. The van der Waals surface area contributed by atoms with Crippen LogP contribution < -0.4 is 10.6 Å². The van der Waals surface area contributed by atoms with Crippen LogP contribution in [0.1, 0.15) is 44.4 Å². The Kier molecular flexibility index (Phi) is 8.04. The lowest BCUT2D eigenvalue weighted by atomic mass is 9.93. The van der Waals surface area contributed by atoms with Crippen LogP contribution in [0.5, 0.6) is 0 Å². The van der Waals surface area contributed by atoms with Crippen molar-refractivity contribution < 1.29 is 18.8 Å². The summed E-state index contributed by atoms with van der Waals surface area (Å²) >= 11 is 6.78. The molecule has 35 heavy (non-hydrogen) atoms. The minimum Gasteiger partial charge on any atom is -0.352 e. The average Bonchev–Trinajstić information content (AvgIpc) is 3.36. The molecule has 1 fully saturated rings. The van der Waals surface area contributed by atoms with Crippen LogP contribution in [-0.4, -0.2) is 45.9 Å². The molecule has 11 heteroatoms. The zero-order valence-corrected chi connectivity index (χ0v) is 20.2. The standard InChI is InChI=1S/C24H23ClFN5O3S/c25-17-5-7-18(8-6-17)28-21(33)22-29-30-23(35-22)24(34)31-11-9-15(10-12-31)13-20(32)27-14-16-3-1-2-4-19(16)26/h1-8,15H,9-14H2,(H,27,32)(H,28,33). The van der Waals surface area contributed by atoms with Crippen molar-refractivity contribution in [3.8, 4) is 0 Å². The number of hydrogen-bond acceptors (Lipinski definition) is 6. The zero-order chi connectivity index (χ0) is 24.8. The van der Waals surface area contributed by atoms with Gasteiger partial charge in [-0.25, -0.2) is 4.39 Å². The van der Waals surface area contributed by atoms with E-state index in [1.807, 2.05) is 0 Å². The van der Waals surface area contributed by atoms with Crippen LogP contribution in [0.25, 0.3) is 0 Å². The highest BCUT2D eigenvalue weighted by molar-refractivity contribution is 7.15. The summed E-state index contributed by atoms with van der Waals surface area (Å²) in [6.45, 7) is 1.11. The molecule has 0 saturated carbocycles. The molecule has 4 rings (SSSR count). The molecule has 2 N–H and O–H groups in total. The van der Waals surface area contributed by atoms with Crippen molar-refractivity contribution in [2.75, 3.05) is 18.4 Å². The fourth-order valence-electron chi connectivity index (χ4n) is 3.76. The van der Waals surface area contributed by atoms with Gasteiger partial charge >= 0.3 is 0 Å². The van der Waals surface area contributed by atoms with Gasteiger partial charge in [-0.05, 0) is 49.1 Å². The molecule has 2 heterocycles. The van der Waals surface area contributed by atoms with Gasteiger partial charge in [0, 0.05) is 42.3 Å². The predicted molar refractivity (Wildman–Crippen MR) is 131 cm³/mol. The van der Waals surface area contributed by atoms with E-state index in [-0.39, 0.29) is 40.1 Å². The largest absolute Gasteiger partial charge is 0.352 e. The van der Waals surface area contributed by atoms with Crippen LogP contribution in [0.4, 0.5) is 10.1 Å². The van der Waals surface area contributed by atoms with Crippen LogP contribution in [0.3, 0.4) is 0 Å². The maximum atomic E-state index is 13.7. The number of carbonyl (C=O) groups excluding carboxylic acids is 3. The van der Waals surface area contributed by atoms with Crippen LogP contribution in [0.2, 0.25) is 5.02 Å². The van der Waals surface area contributed by atoms with Crippen molar-refractivity contribution in [2.45, 2.75) is 25.8 Å². The summed E-state index contributed by atoms with van der Waals surface area (Å²) in [5.74, 6) is -1.09. The van der Waals surface area contributed by atoms with Crippen LogP contribution in [-0.2, 0) is 11.3 Å². The van der Waals surface area contributed by atoms with E-state index < -0.39 is 5.91 Å². The third-order valence-electron chi connectivity index (χ3n) is 5.71. The molecule has 0 radical (unpaired) electrons. The highest BCUT2D eigenvalue weighted by Gasteiger charge is 2.28. The SMILES string of the molecule is O=C(CC1CCN(C(=O)c2nnc(C(=O)Nc3ccc(Cl)cc3)s2)CC1)NCc1ccccc1F. The van der Waals surface area contributed by atoms with E-state index in [0.29, 0.717) is 48.6 Å². The van der Waals surface area contributed by atoms with Crippen LogP contribution in [0, 0.1) is 11.7 Å². The molecule has 0 unspecified atom stereocenters. The van der Waals surface area contributed by atoms with Gasteiger partial charge in [-0.1, -0.05) is 41.1 Å². The fourth-order valence-corrected chi connectivity index (χ4v) is 4.60. The van der Waals surface area contributed by atoms with Gasteiger partial charge in [0.15, 0.2) is 0 Å². The molecule has 3 amide bonds. The molecule has 1 aliphatic rings. The van der Waals surface area contributed by atoms with Crippen molar-refractivity contribution in [2.24, 2.45) is 5.92 Å². The number of likely N-dealkylation sites (tertiary alicyclic amines) is 1. The van der Waals surface area contributed by atoms with Gasteiger partial charge in [-0.3, -0.25) is 14.4 Å². The highest BCUT2D eigenvalue weighted by Crippen LogP contribution is 2.23. The lowest BCUT2D eigenvalue weighted by Crippen LogP contribution is -2.39. The van der Waals surface area contributed by atoms with Crippen LogP contribution in [0.15, 0.2) is 48.5 Å². The number of aromatic nitrogens is 2. The molecule has 8 nitrogen and oxygen atoms in total. The molecule has 1 aliphatic heterocycles. The molecular weight excluding hydrogens is 493 g/mol. The first-order valence-corrected chi connectivity index (χ1v) is 12.3. The Bertz CT molecular complexity index is 1210. The van der Waals surface area contributed by atoms with E-state index in [1.165, 1.54) is 6.07 Å². The van der Waals surface area contributed by atoms with E-state index in [4.69, 9.17) is 11.6 Å². The predicted octanol–water partition coefficient (Wildman–Crippen LogP) is 4.14. The second-order valence-electron chi connectivity index (χ2n) is 8.18. The summed E-state index contributed by atoms with van der Waals surface area (Å²) in [5, 5.41) is 14.0. The van der Waals surface area contributed by atoms with Gasteiger partial charge in [0.1, 0.15) is 5.82 Å². The number of nitrogens with one attached hydrogen (secondary N) is 2. The first-order chi connectivity index (χ1) is 16.9. The van der Waals surface area contributed by atoms with E-state index in [9.17, 15) is 18.8 Å². The molecular formula is C24H23ClFN5O3S. The van der Waals surface area contributed by atoms with E-state index in [2.05, 4.69) is 20.8 Å². The Hall–Kier alpha value is -3.37. The Morgan fingerprint density at radius 1 is 1.03 bits per heavy atom. The third-order valence-corrected chi connectivity index (χ3v) is 6.88. The normalized spacial score (nSPS) is 13.9. The monoisotopic (exact) mass is 515 g/mol. The average molecular weight is 516 g/mol. The first kappa shape index (κ1) is 24.7. The number of carbonyl (C=O) groups is 3. The molecule has 182 valence electrons.